The lowest BCUT2D eigenvalue weighted by atomic mass is 10.0. The van der Waals surface area contributed by atoms with E-state index >= 15 is 0 Å². The minimum atomic E-state index is -0.528. The minimum absolute atomic E-state index is 0.0711. The number of ketones is 1. The minimum Gasteiger partial charge on any atom is -0.360 e. The summed E-state index contributed by atoms with van der Waals surface area (Å²) in [6.45, 7) is 1.96. The van der Waals surface area contributed by atoms with E-state index in [1.54, 1.807) is 18.3 Å². The number of fused-ring (bicyclic) bond motifs is 1. The Labute approximate surface area is 123 Å². The molecular formula is C16H11BrFNO. The summed E-state index contributed by atoms with van der Waals surface area (Å²) < 4.78 is 14.3. The summed E-state index contributed by atoms with van der Waals surface area (Å²) in [7, 11) is 0. The molecule has 0 bridgehead atoms. The van der Waals surface area contributed by atoms with E-state index in [0.29, 0.717) is 10.0 Å². The van der Waals surface area contributed by atoms with Crippen molar-refractivity contribution >= 4 is 32.6 Å². The van der Waals surface area contributed by atoms with Crippen molar-refractivity contribution in [1.29, 1.82) is 0 Å². The van der Waals surface area contributed by atoms with Crippen molar-refractivity contribution in [2.45, 2.75) is 6.92 Å². The van der Waals surface area contributed by atoms with Crippen molar-refractivity contribution in [1.82, 2.24) is 4.98 Å². The number of rotatable bonds is 2. The largest absolute Gasteiger partial charge is 0.360 e. The molecule has 0 spiro atoms. The van der Waals surface area contributed by atoms with Gasteiger partial charge in [-0.3, -0.25) is 4.79 Å². The van der Waals surface area contributed by atoms with Gasteiger partial charge < -0.3 is 4.98 Å². The fourth-order valence-corrected chi connectivity index (χ4v) is 2.61. The summed E-state index contributed by atoms with van der Waals surface area (Å²) in [4.78, 5) is 15.6. The Bertz CT molecular complexity index is 822. The number of hydrogen-bond donors (Lipinski definition) is 1. The molecule has 0 saturated carbocycles. The predicted octanol–water partition coefficient (Wildman–Crippen LogP) is 4.61. The summed E-state index contributed by atoms with van der Waals surface area (Å²) in [6, 6.07) is 10.5. The lowest BCUT2D eigenvalue weighted by Crippen LogP contribution is -2.04. The van der Waals surface area contributed by atoms with Crippen LogP contribution in [0.15, 0.2) is 47.1 Å². The van der Waals surface area contributed by atoms with Gasteiger partial charge in [-0.1, -0.05) is 17.7 Å². The maximum absolute atomic E-state index is 14.0. The monoisotopic (exact) mass is 331 g/mol. The van der Waals surface area contributed by atoms with E-state index in [1.807, 2.05) is 25.1 Å². The number of carbonyl (C=O) groups is 1. The fraction of sp³-hybridized carbons (Fsp3) is 0.0625. The van der Waals surface area contributed by atoms with E-state index in [0.717, 1.165) is 16.5 Å². The van der Waals surface area contributed by atoms with Gasteiger partial charge in [0.05, 0.1) is 10.0 Å². The zero-order valence-electron chi connectivity index (χ0n) is 10.7. The third kappa shape index (κ3) is 2.06. The molecule has 0 atom stereocenters. The van der Waals surface area contributed by atoms with Gasteiger partial charge in [0.2, 0.25) is 0 Å². The van der Waals surface area contributed by atoms with Gasteiger partial charge in [-0.05, 0) is 47.1 Å². The number of halogens is 2. The number of carbonyl (C=O) groups excluding carboxylic acids is 1. The molecule has 0 amide bonds. The smallest absolute Gasteiger partial charge is 0.198 e. The second kappa shape index (κ2) is 4.87. The average molecular weight is 332 g/mol. The Morgan fingerprint density at radius 1 is 1.20 bits per heavy atom. The molecule has 1 N–H and O–H groups in total. The second-order valence-electron chi connectivity index (χ2n) is 4.68. The van der Waals surface area contributed by atoms with Crippen molar-refractivity contribution in [2.24, 2.45) is 0 Å². The first-order valence-corrected chi connectivity index (χ1v) is 6.93. The van der Waals surface area contributed by atoms with Gasteiger partial charge >= 0.3 is 0 Å². The zero-order valence-corrected chi connectivity index (χ0v) is 12.3. The molecule has 0 aliphatic heterocycles. The number of hydrogen-bond acceptors (Lipinski definition) is 1. The molecule has 3 rings (SSSR count). The molecular weight excluding hydrogens is 321 g/mol. The van der Waals surface area contributed by atoms with Gasteiger partial charge in [0.25, 0.3) is 0 Å². The van der Waals surface area contributed by atoms with Crippen LogP contribution in [-0.4, -0.2) is 10.8 Å². The third-order valence-corrected chi connectivity index (χ3v) is 3.89. The van der Waals surface area contributed by atoms with E-state index in [9.17, 15) is 9.18 Å². The van der Waals surface area contributed by atoms with Gasteiger partial charge in [0.1, 0.15) is 5.82 Å². The Morgan fingerprint density at radius 3 is 2.80 bits per heavy atom. The highest BCUT2D eigenvalue weighted by Crippen LogP contribution is 2.25. The molecule has 0 saturated heterocycles. The van der Waals surface area contributed by atoms with Crippen LogP contribution in [0.1, 0.15) is 21.5 Å². The van der Waals surface area contributed by atoms with Crippen molar-refractivity contribution in [3.63, 3.8) is 0 Å². The lowest BCUT2D eigenvalue weighted by Gasteiger charge is -2.03. The van der Waals surface area contributed by atoms with E-state index in [4.69, 9.17) is 0 Å². The quantitative estimate of drug-likeness (QED) is 0.683. The zero-order chi connectivity index (χ0) is 14.3. The third-order valence-electron chi connectivity index (χ3n) is 3.28. The molecule has 2 nitrogen and oxygen atoms in total. The van der Waals surface area contributed by atoms with Crippen LogP contribution in [-0.2, 0) is 0 Å². The number of nitrogens with one attached hydrogen (secondary N) is 1. The Hall–Kier alpha value is -1.94. The highest BCUT2D eigenvalue weighted by molar-refractivity contribution is 9.10. The summed E-state index contributed by atoms with van der Waals surface area (Å²) in [5.74, 6) is -0.847. The first kappa shape index (κ1) is 13.1. The number of aromatic nitrogens is 1. The maximum Gasteiger partial charge on any atom is 0.198 e. The van der Waals surface area contributed by atoms with Crippen LogP contribution in [0.2, 0.25) is 0 Å². The van der Waals surface area contributed by atoms with E-state index in [2.05, 4.69) is 20.9 Å². The summed E-state index contributed by atoms with van der Waals surface area (Å²) >= 11 is 3.10. The van der Waals surface area contributed by atoms with Crippen LogP contribution >= 0.6 is 15.9 Å². The Balaban J connectivity index is 2.18. The number of H-pyrrole nitrogens is 1. The normalized spacial score (nSPS) is 10.9. The Kier molecular flexibility index (Phi) is 3.18. The van der Waals surface area contributed by atoms with Crippen LogP contribution in [0, 0.1) is 12.7 Å². The van der Waals surface area contributed by atoms with Crippen LogP contribution in [0.4, 0.5) is 4.39 Å². The summed E-state index contributed by atoms with van der Waals surface area (Å²) in [6.07, 6.45) is 1.63. The van der Waals surface area contributed by atoms with Gasteiger partial charge in [-0.25, -0.2) is 4.39 Å². The Morgan fingerprint density at radius 2 is 2.00 bits per heavy atom. The number of benzene rings is 2. The van der Waals surface area contributed by atoms with E-state index in [1.165, 1.54) is 6.07 Å². The summed E-state index contributed by atoms with van der Waals surface area (Å²) in [5.41, 5.74) is 2.48. The highest BCUT2D eigenvalue weighted by Gasteiger charge is 2.18. The van der Waals surface area contributed by atoms with Crippen molar-refractivity contribution in [3.05, 3.63) is 69.6 Å². The van der Waals surface area contributed by atoms with Gasteiger partial charge in [0.15, 0.2) is 5.78 Å². The van der Waals surface area contributed by atoms with Crippen LogP contribution < -0.4 is 0 Å². The molecule has 1 aromatic heterocycles. The second-order valence-corrected chi connectivity index (χ2v) is 5.54. The molecule has 1 heterocycles. The molecule has 4 heteroatoms. The molecule has 20 heavy (non-hydrogen) atoms. The van der Waals surface area contributed by atoms with Gasteiger partial charge in [0, 0.05) is 22.7 Å². The van der Waals surface area contributed by atoms with Gasteiger partial charge in [-0.2, -0.15) is 0 Å². The fourth-order valence-electron chi connectivity index (χ4n) is 2.25. The van der Waals surface area contributed by atoms with E-state index < -0.39 is 5.82 Å². The average Bonchev–Trinajstić information content (AvgIpc) is 2.84. The maximum atomic E-state index is 14.0. The summed E-state index contributed by atoms with van der Waals surface area (Å²) in [5, 5.41) is 0.814. The lowest BCUT2D eigenvalue weighted by molar-refractivity contribution is 0.103. The molecule has 3 aromatic rings. The topological polar surface area (TPSA) is 32.9 Å². The molecule has 0 aliphatic carbocycles. The van der Waals surface area contributed by atoms with Crippen molar-refractivity contribution < 1.29 is 9.18 Å². The standard InChI is InChI=1S/C16H11BrFNO/c1-9-5-6-14-11(7-9)12(8-19-14)16(20)10-3-2-4-13(17)15(10)18/h2-8,19H,1H3. The predicted molar refractivity (Wildman–Crippen MR) is 80.6 cm³/mol. The highest BCUT2D eigenvalue weighted by atomic mass is 79.9. The van der Waals surface area contributed by atoms with Crippen LogP contribution in [0.5, 0.6) is 0 Å². The molecule has 100 valence electrons. The number of aryl methyl sites for hydroxylation is 1. The van der Waals surface area contributed by atoms with Crippen molar-refractivity contribution in [2.75, 3.05) is 0 Å². The van der Waals surface area contributed by atoms with E-state index in [-0.39, 0.29) is 11.3 Å². The molecule has 0 fully saturated rings. The SMILES string of the molecule is Cc1ccc2[nH]cc(C(=O)c3cccc(Br)c3F)c2c1. The van der Waals surface area contributed by atoms with Crippen molar-refractivity contribution in [3.8, 4) is 0 Å². The first-order valence-electron chi connectivity index (χ1n) is 6.14. The molecule has 0 unspecified atom stereocenters. The molecule has 2 aromatic carbocycles. The molecule has 0 aliphatic rings. The van der Waals surface area contributed by atoms with Gasteiger partial charge in [-0.15, -0.1) is 0 Å². The number of aromatic amines is 1. The van der Waals surface area contributed by atoms with Crippen LogP contribution in [0.25, 0.3) is 10.9 Å². The first-order chi connectivity index (χ1) is 9.58. The molecule has 0 radical (unpaired) electrons. The van der Waals surface area contributed by atoms with Crippen LogP contribution in [0.3, 0.4) is 0 Å².